The molecule has 0 saturated heterocycles. The first-order valence-corrected chi connectivity index (χ1v) is 10.8. The van der Waals surface area contributed by atoms with Crippen molar-refractivity contribution in [3.05, 3.63) is 11.6 Å². The first kappa shape index (κ1) is 18.5. The van der Waals surface area contributed by atoms with Crippen LogP contribution in [0.1, 0.15) is 78.6 Å². The van der Waals surface area contributed by atoms with Gasteiger partial charge in [0.25, 0.3) is 0 Å². The molecule has 4 fully saturated rings. The molecule has 2 N–H and O–H groups in total. The summed E-state index contributed by atoms with van der Waals surface area (Å²) in [4.78, 5) is 11.2. The van der Waals surface area contributed by atoms with E-state index in [2.05, 4.69) is 13.8 Å². The number of hydrogen-bond acceptors (Lipinski definition) is 2. The van der Waals surface area contributed by atoms with Gasteiger partial charge in [-0.3, -0.25) is 0 Å². The Labute approximate surface area is 158 Å². The molecule has 0 heterocycles. The van der Waals surface area contributed by atoms with Crippen molar-refractivity contribution in [2.24, 2.45) is 40.4 Å². The zero-order valence-electron chi connectivity index (χ0n) is 16.7. The van der Waals surface area contributed by atoms with Crippen molar-refractivity contribution in [1.29, 1.82) is 0 Å². The van der Waals surface area contributed by atoms with Gasteiger partial charge in [-0.25, -0.2) is 4.79 Å². The van der Waals surface area contributed by atoms with E-state index in [1.54, 1.807) is 0 Å². The van der Waals surface area contributed by atoms with Gasteiger partial charge in [0, 0.05) is 6.08 Å². The average Bonchev–Trinajstić information content (AvgIpc) is 2.92. The lowest BCUT2D eigenvalue weighted by atomic mass is 9.44. The number of rotatable bonds is 2. The van der Waals surface area contributed by atoms with Gasteiger partial charge >= 0.3 is 5.97 Å². The Morgan fingerprint density at radius 2 is 1.65 bits per heavy atom. The summed E-state index contributed by atoms with van der Waals surface area (Å²) in [5.74, 6) is 2.75. The van der Waals surface area contributed by atoms with Crippen molar-refractivity contribution in [3.8, 4) is 0 Å². The van der Waals surface area contributed by atoms with Crippen LogP contribution >= 0.6 is 0 Å². The fourth-order valence-electron chi connectivity index (χ4n) is 8.28. The molecule has 0 aromatic heterocycles. The van der Waals surface area contributed by atoms with Gasteiger partial charge in [0.1, 0.15) is 0 Å². The van der Waals surface area contributed by atoms with E-state index in [-0.39, 0.29) is 11.5 Å². The zero-order valence-corrected chi connectivity index (χ0v) is 16.7. The summed E-state index contributed by atoms with van der Waals surface area (Å²) in [5, 5.41) is 19.4. The van der Waals surface area contributed by atoms with E-state index in [9.17, 15) is 15.0 Å². The number of carboxylic acid groups (broad SMARTS) is 1. The first-order valence-electron chi connectivity index (χ1n) is 10.8. The minimum atomic E-state index is -0.794. The van der Waals surface area contributed by atoms with Crippen LogP contribution in [-0.2, 0) is 4.79 Å². The molecule has 0 aromatic carbocycles. The zero-order chi connectivity index (χ0) is 18.7. The lowest BCUT2D eigenvalue weighted by molar-refractivity contribution is -0.131. The van der Waals surface area contributed by atoms with Gasteiger partial charge in [-0.2, -0.15) is 0 Å². The molecule has 0 spiro atoms. The number of fused-ring (bicyclic) bond motifs is 5. The van der Waals surface area contributed by atoms with E-state index in [0.29, 0.717) is 17.3 Å². The van der Waals surface area contributed by atoms with E-state index < -0.39 is 5.97 Å². The molecule has 4 rings (SSSR count). The molecule has 26 heavy (non-hydrogen) atoms. The number of aliphatic hydroxyl groups excluding tert-OH is 1. The van der Waals surface area contributed by atoms with E-state index >= 15 is 0 Å². The highest BCUT2D eigenvalue weighted by atomic mass is 16.4. The van der Waals surface area contributed by atoms with Crippen molar-refractivity contribution in [1.82, 2.24) is 0 Å². The molecule has 0 amide bonds. The summed E-state index contributed by atoms with van der Waals surface area (Å²) in [6.07, 6.45) is 12.2. The average molecular weight is 361 g/mol. The van der Waals surface area contributed by atoms with Gasteiger partial charge in [-0.05, 0) is 105 Å². The highest BCUT2D eigenvalue weighted by Crippen LogP contribution is 2.68. The van der Waals surface area contributed by atoms with Gasteiger partial charge in [0.2, 0.25) is 0 Å². The molecule has 0 unspecified atom stereocenters. The molecular formula is C23H36O3. The second-order valence-corrected chi connectivity index (χ2v) is 10.5. The van der Waals surface area contributed by atoms with Crippen LogP contribution in [0.15, 0.2) is 11.6 Å². The van der Waals surface area contributed by atoms with Crippen molar-refractivity contribution < 1.29 is 15.0 Å². The minimum Gasteiger partial charge on any atom is -0.478 e. The normalized spacial score (nSPS) is 51.3. The lowest BCUT2D eigenvalue weighted by Crippen LogP contribution is -2.54. The molecule has 146 valence electrons. The predicted octanol–water partition coefficient (Wildman–Crippen LogP) is 5.04. The number of carboxylic acids is 1. The summed E-state index contributed by atoms with van der Waals surface area (Å²) in [6, 6.07) is 0. The van der Waals surface area contributed by atoms with Gasteiger partial charge in [0.15, 0.2) is 0 Å². The monoisotopic (exact) mass is 360 g/mol. The van der Waals surface area contributed by atoms with Gasteiger partial charge < -0.3 is 10.2 Å². The van der Waals surface area contributed by atoms with Crippen LogP contribution in [0.3, 0.4) is 0 Å². The Balaban J connectivity index is 1.59. The number of carbonyl (C=O) groups is 1. The van der Waals surface area contributed by atoms with E-state index in [4.69, 9.17) is 0 Å². The molecule has 4 saturated carbocycles. The van der Waals surface area contributed by atoms with Gasteiger partial charge in [-0.15, -0.1) is 0 Å². The summed E-state index contributed by atoms with van der Waals surface area (Å²) < 4.78 is 0. The second kappa shape index (κ2) is 6.36. The summed E-state index contributed by atoms with van der Waals surface area (Å²) in [6.45, 7) is 7.04. The largest absolute Gasteiger partial charge is 0.478 e. The molecule has 8 atom stereocenters. The Hall–Kier alpha value is -0.830. The Morgan fingerprint density at radius 3 is 2.38 bits per heavy atom. The van der Waals surface area contributed by atoms with Gasteiger partial charge in [-0.1, -0.05) is 19.4 Å². The third-order valence-corrected chi connectivity index (χ3v) is 9.54. The lowest BCUT2D eigenvalue weighted by Gasteiger charge is -2.61. The van der Waals surface area contributed by atoms with Crippen molar-refractivity contribution in [2.75, 3.05) is 0 Å². The maximum Gasteiger partial charge on any atom is 0.328 e. The molecule has 0 aliphatic heterocycles. The Morgan fingerprint density at radius 1 is 0.962 bits per heavy atom. The predicted molar refractivity (Wildman–Crippen MR) is 103 cm³/mol. The summed E-state index contributed by atoms with van der Waals surface area (Å²) in [5.41, 5.74) is 1.80. The highest BCUT2D eigenvalue weighted by Gasteiger charge is 2.60. The highest BCUT2D eigenvalue weighted by molar-refractivity contribution is 5.80. The molecule has 0 aromatic rings. The Bertz CT molecular complexity index is 611. The van der Waals surface area contributed by atoms with E-state index in [0.717, 1.165) is 36.2 Å². The fourth-order valence-corrected chi connectivity index (χ4v) is 8.28. The topological polar surface area (TPSA) is 57.5 Å². The number of hydrogen-bond donors (Lipinski definition) is 2. The smallest absolute Gasteiger partial charge is 0.328 e. The van der Waals surface area contributed by atoms with Gasteiger partial charge in [0.05, 0.1) is 6.10 Å². The van der Waals surface area contributed by atoms with Crippen LogP contribution in [0.25, 0.3) is 0 Å². The molecule has 3 nitrogen and oxygen atoms in total. The van der Waals surface area contributed by atoms with Crippen molar-refractivity contribution in [2.45, 2.75) is 84.7 Å². The molecule has 4 aliphatic rings. The van der Waals surface area contributed by atoms with Crippen LogP contribution < -0.4 is 0 Å². The Kier molecular flexibility index (Phi) is 4.53. The fraction of sp³-hybridized carbons (Fsp3) is 0.870. The van der Waals surface area contributed by atoms with E-state index in [1.165, 1.54) is 51.0 Å². The third-order valence-electron chi connectivity index (χ3n) is 9.54. The molecule has 4 aliphatic carbocycles. The number of aliphatic hydroxyl groups is 1. The molecular weight excluding hydrogens is 324 g/mol. The second-order valence-electron chi connectivity index (χ2n) is 10.5. The maximum atomic E-state index is 11.2. The minimum absolute atomic E-state index is 0.0712. The van der Waals surface area contributed by atoms with Crippen molar-refractivity contribution >= 4 is 5.97 Å². The SMILES string of the molecule is C/C(=C\C(=O)O)[C@H]1CC[C@H]2[C@@H]3CC[C@@H]4C[C@@H](O)CC[C@]4(C)[C@H]3CC[C@]12C. The summed E-state index contributed by atoms with van der Waals surface area (Å²) in [7, 11) is 0. The van der Waals surface area contributed by atoms with Crippen LogP contribution in [0.5, 0.6) is 0 Å². The van der Waals surface area contributed by atoms with Crippen molar-refractivity contribution in [3.63, 3.8) is 0 Å². The van der Waals surface area contributed by atoms with Crippen LogP contribution in [0.4, 0.5) is 0 Å². The molecule has 0 radical (unpaired) electrons. The third kappa shape index (κ3) is 2.68. The summed E-state index contributed by atoms with van der Waals surface area (Å²) >= 11 is 0. The van der Waals surface area contributed by atoms with Crippen LogP contribution in [0.2, 0.25) is 0 Å². The van der Waals surface area contributed by atoms with Crippen LogP contribution in [0, 0.1) is 40.4 Å². The number of allylic oxidation sites excluding steroid dienone is 1. The molecule has 3 heteroatoms. The first-order chi connectivity index (χ1) is 12.3. The standard InChI is InChI=1S/C23H36O3/c1-14(12-21(25)26)18-6-7-19-17-5-4-15-13-16(24)8-10-22(15,2)20(17)9-11-23(18,19)3/h12,15-20,24H,4-11,13H2,1-3H3,(H,25,26)/b14-12+/t15-,16+,17+,18-,19+,20+,22+,23-/m1/s1. The molecule has 0 bridgehead atoms. The quantitative estimate of drug-likeness (QED) is 0.679. The number of aliphatic carboxylic acids is 1. The maximum absolute atomic E-state index is 11.2. The van der Waals surface area contributed by atoms with Crippen LogP contribution in [-0.4, -0.2) is 22.3 Å². The van der Waals surface area contributed by atoms with E-state index in [1.807, 2.05) is 6.92 Å².